The highest BCUT2D eigenvalue weighted by atomic mass is 32.1. The summed E-state index contributed by atoms with van der Waals surface area (Å²) in [4.78, 5) is 12.6. The van der Waals surface area contributed by atoms with E-state index in [-0.39, 0.29) is 0 Å². The maximum absolute atomic E-state index is 5.71. The van der Waals surface area contributed by atoms with E-state index in [2.05, 4.69) is 43.0 Å². The highest BCUT2D eigenvalue weighted by molar-refractivity contribution is 7.09. The first kappa shape index (κ1) is 18.9. The average molecular weight is 376 g/mol. The van der Waals surface area contributed by atoms with Gasteiger partial charge in [-0.15, -0.1) is 11.3 Å². The topological polar surface area (TPSA) is 65.7 Å². The number of rotatable bonds is 6. The lowest BCUT2D eigenvalue weighted by Crippen LogP contribution is -2.42. The second-order valence-corrected chi connectivity index (χ2v) is 7.89. The van der Waals surface area contributed by atoms with Gasteiger partial charge in [-0.3, -0.25) is 9.89 Å². The summed E-state index contributed by atoms with van der Waals surface area (Å²) in [5.74, 6) is 3.33. The number of guanidine groups is 1. The van der Waals surface area contributed by atoms with Crippen molar-refractivity contribution in [3.63, 3.8) is 0 Å². The molecule has 3 heterocycles. The molecule has 1 aliphatic rings. The summed E-state index contributed by atoms with van der Waals surface area (Å²) >= 11 is 1.76. The molecular formula is C19H29N5OS. The number of oxazole rings is 1. The molecule has 7 heteroatoms. The van der Waals surface area contributed by atoms with Crippen molar-refractivity contribution in [3.05, 3.63) is 39.7 Å². The highest BCUT2D eigenvalue weighted by Gasteiger charge is 2.21. The minimum absolute atomic E-state index is 0.680. The first-order valence-electron chi connectivity index (χ1n) is 9.26. The van der Waals surface area contributed by atoms with Crippen molar-refractivity contribution in [2.24, 2.45) is 10.9 Å². The number of nitrogens with one attached hydrogen (secondary N) is 2. The molecule has 6 nitrogen and oxygen atoms in total. The Balaban J connectivity index is 1.36. The normalized spacial score (nSPS) is 16.8. The van der Waals surface area contributed by atoms with Crippen molar-refractivity contribution in [2.75, 3.05) is 26.7 Å². The fraction of sp³-hybridized carbons (Fsp3) is 0.579. The molecule has 0 bridgehead atoms. The molecule has 0 saturated carbocycles. The summed E-state index contributed by atoms with van der Waals surface area (Å²) in [5, 5.41) is 8.95. The number of nitrogens with zero attached hydrogens (tertiary/aromatic N) is 3. The Bertz CT molecular complexity index is 682. The molecule has 0 aromatic carbocycles. The Kier molecular flexibility index (Phi) is 6.68. The third kappa shape index (κ3) is 5.32. The number of aryl methyl sites for hydroxylation is 2. The van der Waals surface area contributed by atoms with Gasteiger partial charge in [0.25, 0.3) is 0 Å². The van der Waals surface area contributed by atoms with E-state index in [1.165, 1.54) is 17.7 Å². The molecule has 0 spiro atoms. The van der Waals surface area contributed by atoms with Gasteiger partial charge >= 0.3 is 0 Å². The van der Waals surface area contributed by atoms with Crippen molar-refractivity contribution in [3.8, 4) is 0 Å². The SMILES string of the molecule is CN=C(NCc1cccs1)NCC1CCN(Cc2nc(C)c(C)o2)CC1. The molecule has 3 rings (SSSR count). The van der Waals surface area contributed by atoms with Gasteiger partial charge in [0.05, 0.1) is 18.8 Å². The lowest BCUT2D eigenvalue weighted by atomic mass is 9.97. The van der Waals surface area contributed by atoms with E-state index in [4.69, 9.17) is 4.42 Å². The van der Waals surface area contributed by atoms with E-state index in [1.54, 1.807) is 11.3 Å². The van der Waals surface area contributed by atoms with Gasteiger partial charge in [0, 0.05) is 18.5 Å². The Labute approximate surface area is 159 Å². The fourth-order valence-electron chi connectivity index (χ4n) is 3.19. The van der Waals surface area contributed by atoms with Gasteiger partial charge in [0.1, 0.15) is 5.76 Å². The molecule has 0 amide bonds. The summed E-state index contributed by atoms with van der Waals surface area (Å²) in [5.41, 5.74) is 1.00. The van der Waals surface area contributed by atoms with Crippen LogP contribution in [-0.2, 0) is 13.1 Å². The van der Waals surface area contributed by atoms with Gasteiger partial charge in [0.15, 0.2) is 5.96 Å². The van der Waals surface area contributed by atoms with Crippen LogP contribution < -0.4 is 10.6 Å². The zero-order valence-electron chi connectivity index (χ0n) is 15.9. The number of aromatic nitrogens is 1. The molecule has 2 aromatic heterocycles. The molecular weight excluding hydrogens is 346 g/mol. The quantitative estimate of drug-likeness (QED) is 0.600. The van der Waals surface area contributed by atoms with Crippen molar-refractivity contribution in [1.82, 2.24) is 20.5 Å². The van der Waals surface area contributed by atoms with Crippen LogP contribution in [0, 0.1) is 19.8 Å². The van der Waals surface area contributed by atoms with Gasteiger partial charge in [-0.1, -0.05) is 6.07 Å². The molecule has 0 unspecified atom stereocenters. The van der Waals surface area contributed by atoms with E-state index in [1.807, 2.05) is 20.9 Å². The van der Waals surface area contributed by atoms with Crippen molar-refractivity contribution in [1.29, 1.82) is 0 Å². The summed E-state index contributed by atoms with van der Waals surface area (Å²) in [6.07, 6.45) is 2.38. The van der Waals surface area contributed by atoms with E-state index in [0.717, 1.165) is 56.0 Å². The molecule has 0 atom stereocenters. The van der Waals surface area contributed by atoms with Gasteiger partial charge in [0.2, 0.25) is 5.89 Å². The Hall–Kier alpha value is -1.86. The van der Waals surface area contributed by atoms with Crippen LogP contribution in [0.25, 0.3) is 0 Å². The third-order valence-corrected chi connectivity index (χ3v) is 5.81. The molecule has 0 radical (unpaired) electrons. The van der Waals surface area contributed by atoms with Crippen LogP contribution in [0.3, 0.4) is 0 Å². The molecule has 1 saturated heterocycles. The summed E-state index contributed by atoms with van der Waals surface area (Å²) in [6.45, 7) is 8.77. The van der Waals surface area contributed by atoms with Crippen molar-refractivity contribution >= 4 is 17.3 Å². The highest BCUT2D eigenvalue weighted by Crippen LogP contribution is 2.19. The monoisotopic (exact) mass is 375 g/mol. The van der Waals surface area contributed by atoms with E-state index in [0.29, 0.717) is 5.92 Å². The van der Waals surface area contributed by atoms with Crippen LogP contribution in [0.4, 0.5) is 0 Å². The molecule has 1 fully saturated rings. The van der Waals surface area contributed by atoms with Crippen LogP contribution in [0.5, 0.6) is 0 Å². The second-order valence-electron chi connectivity index (χ2n) is 6.85. The predicted octanol–water partition coefficient (Wildman–Crippen LogP) is 2.93. The molecule has 26 heavy (non-hydrogen) atoms. The van der Waals surface area contributed by atoms with Crippen molar-refractivity contribution in [2.45, 2.75) is 39.8 Å². The van der Waals surface area contributed by atoms with Gasteiger partial charge in [-0.2, -0.15) is 0 Å². The molecule has 0 aliphatic carbocycles. The maximum atomic E-state index is 5.71. The minimum Gasteiger partial charge on any atom is -0.444 e. The number of thiophene rings is 1. The fourth-order valence-corrected chi connectivity index (χ4v) is 3.84. The molecule has 1 aliphatic heterocycles. The zero-order chi connectivity index (χ0) is 18.4. The van der Waals surface area contributed by atoms with Crippen LogP contribution in [0.15, 0.2) is 26.9 Å². The smallest absolute Gasteiger partial charge is 0.208 e. The van der Waals surface area contributed by atoms with Crippen LogP contribution in [0.2, 0.25) is 0 Å². The van der Waals surface area contributed by atoms with Gasteiger partial charge < -0.3 is 15.1 Å². The first-order chi connectivity index (χ1) is 12.6. The van der Waals surface area contributed by atoms with Crippen molar-refractivity contribution < 1.29 is 4.42 Å². The zero-order valence-corrected chi connectivity index (χ0v) is 16.7. The summed E-state index contributed by atoms with van der Waals surface area (Å²) < 4.78 is 5.71. The lowest BCUT2D eigenvalue weighted by Gasteiger charge is -2.31. The van der Waals surface area contributed by atoms with E-state index < -0.39 is 0 Å². The van der Waals surface area contributed by atoms with Crippen LogP contribution >= 0.6 is 11.3 Å². The predicted molar refractivity (Wildman–Crippen MR) is 106 cm³/mol. The second kappa shape index (κ2) is 9.19. The van der Waals surface area contributed by atoms with Gasteiger partial charge in [-0.25, -0.2) is 4.98 Å². The molecule has 2 N–H and O–H groups in total. The van der Waals surface area contributed by atoms with E-state index >= 15 is 0 Å². The number of aliphatic imine (C=N–C) groups is 1. The van der Waals surface area contributed by atoms with E-state index in [9.17, 15) is 0 Å². The Morgan fingerprint density at radius 3 is 2.77 bits per heavy atom. The number of likely N-dealkylation sites (tertiary alicyclic amines) is 1. The Morgan fingerprint density at radius 1 is 1.35 bits per heavy atom. The standard InChI is InChI=1S/C19H29N5OS/c1-14-15(2)25-18(23-14)13-24-8-6-16(7-9-24)11-21-19(20-3)22-12-17-5-4-10-26-17/h4-5,10,16H,6-9,11-13H2,1-3H3,(H2,20,21,22). The molecule has 2 aromatic rings. The van der Waals surface area contributed by atoms with Gasteiger partial charge in [-0.05, 0) is 57.1 Å². The van der Waals surface area contributed by atoms with Crippen LogP contribution in [0.1, 0.15) is 35.1 Å². The largest absolute Gasteiger partial charge is 0.444 e. The Morgan fingerprint density at radius 2 is 2.15 bits per heavy atom. The van der Waals surface area contributed by atoms with Crippen LogP contribution in [-0.4, -0.2) is 42.5 Å². The summed E-state index contributed by atoms with van der Waals surface area (Å²) in [7, 11) is 1.83. The first-order valence-corrected chi connectivity index (χ1v) is 10.1. The number of piperidine rings is 1. The molecule has 142 valence electrons. The number of hydrogen-bond donors (Lipinski definition) is 2. The lowest BCUT2D eigenvalue weighted by molar-refractivity contribution is 0.164. The maximum Gasteiger partial charge on any atom is 0.208 e. The summed E-state index contributed by atoms with van der Waals surface area (Å²) in [6, 6.07) is 4.21. The average Bonchev–Trinajstić information content (AvgIpc) is 3.26. The third-order valence-electron chi connectivity index (χ3n) is 4.93. The number of hydrogen-bond acceptors (Lipinski definition) is 5. The minimum atomic E-state index is 0.680.